The Bertz CT molecular complexity index is 161. The first-order valence-corrected chi connectivity index (χ1v) is 4.66. The number of nitrogens with zero attached hydrogens (tertiary/aromatic N) is 1. The minimum absolute atomic E-state index is 0.242. The minimum atomic E-state index is -0.405. The zero-order chi connectivity index (χ0) is 10.5. The molecule has 0 aromatic carbocycles. The van der Waals surface area contributed by atoms with Crippen LogP contribution in [-0.2, 0) is 4.74 Å². The summed E-state index contributed by atoms with van der Waals surface area (Å²) in [5, 5.41) is 0. The van der Waals surface area contributed by atoms with Gasteiger partial charge in [0.1, 0.15) is 5.60 Å². The van der Waals surface area contributed by atoms with Crippen LogP contribution in [0.5, 0.6) is 0 Å². The van der Waals surface area contributed by atoms with Crippen molar-refractivity contribution in [3.05, 3.63) is 6.42 Å². The topological polar surface area (TPSA) is 29.5 Å². The van der Waals surface area contributed by atoms with Crippen molar-refractivity contribution >= 4 is 6.09 Å². The zero-order valence-corrected chi connectivity index (χ0v) is 9.26. The Labute approximate surface area is 81.1 Å². The van der Waals surface area contributed by atoms with E-state index in [1.807, 2.05) is 41.0 Å². The molecule has 0 saturated heterocycles. The number of carbonyl (C=O) groups is 1. The van der Waals surface area contributed by atoms with Crippen molar-refractivity contribution in [3.8, 4) is 0 Å². The van der Waals surface area contributed by atoms with Crippen LogP contribution in [0.25, 0.3) is 0 Å². The van der Waals surface area contributed by atoms with E-state index in [0.29, 0.717) is 13.1 Å². The Hall–Kier alpha value is -0.730. The standard InChI is InChI=1S/C10H20NO2/c1-6-8-11(7-2)9(12)13-10(3,4)5/h6H,7-8H2,1-5H3. The second kappa shape index (κ2) is 5.10. The summed E-state index contributed by atoms with van der Waals surface area (Å²) in [7, 11) is 0. The first-order valence-electron chi connectivity index (χ1n) is 4.66. The fourth-order valence-corrected chi connectivity index (χ4v) is 0.880. The molecule has 0 unspecified atom stereocenters. The van der Waals surface area contributed by atoms with Crippen LogP contribution < -0.4 is 0 Å². The lowest BCUT2D eigenvalue weighted by molar-refractivity contribution is 0.0275. The van der Waals surface area contributed by atoms with E-state index in [2.05, 4.69) is 0 Å². The molecule has 0 fully saturated rings. The van der Waals surface area contributed by atoms with E-state index < -0.39 is 5.60 Å². The molecule has 1 amide bonds. The Morgan fingerprint density at radius 1 is 1.46 bits per heavy atom. The lowest BCUT2D eigenvalue weighted by Gasteiger charge is -2.26. The second-order valence-corrected chi connectivity index (χ2v) is 3.93. The number of hydrogen-bond acceptors (Lipinski definition) is 2. The quantitative estimate of drug-likeness (QED) is 0.677. The molecule has 0 aliphatic rings. The molecule has 3 heteroatoms. The lowest BCUT2D eigenvalue weighted by atomic mass is 10.2. The van der Waals surface area contributed by atoms with Gasteiger partial charge in [-0.3, -0.25) is 0 Å². The van der Waals surface area contributed by atoms with Gasteiger partial charge in [-0.2, -0.15) is 0 Å². The van der Waals surface area contributed by atoms with Crippen molar-refractivity contribution in [1.82, 2.24) is 4.90 Å². The molecule has 0 aromatic rings. The Morgan fingerprint density at radius 2 is 2.00 bits per heavy atom. The van der Waals surface area contributed by atoms with E-state index in [4.69, 9.17) is 4.74 Å². The van der Waals surface area contributed by atoms with Crippen LogP contribution in [0.2, 0.25) is 0 Å². The first kappa shape index (κ1) is 12.3. The van der Waals surface area contributed by atoms with Crippen molar-refractivity contribution in [3.63, 3.8) is 0 Å². The smallest absolute Gasteiger partial charge is 0.410 e. The van der Waals surface area contributed by atoms with Gasteiger partial charge in [0.2, 0.25) is 0 Å². The van der Waals surface area contributed by atoms with Crippen LogP contribution in [0.3, 0.4) is 0 Å². The molecule has 0 atom stereocenters. The van der Waals surface area contributed by atoms with E-state index in [9.17, 15) is 4.79 Å². The molecule has 13 heavy (non-hydrogen) atoms. The van der Waals surface area contributed by atoms with Crippen LogP contribution >= 0.6 is 0 Å². The van der Waals surface area contributed by atoms with E-state index in [0.717, 1.165) is 0 Å². The summed E-state index contributed by atoms with van der Waals surface area (Å²) in [6.45, 7) is 10.8. The predicted molar refractivity (Wildman–Crippen MR) is 53.5 cm³/mol. The summed E-state index contributed by atoms with van der Waals surface area (Å²) in [5.74, 6) is 0. The van der Waals surface area contributed by atoms with Gasteiger partial charge in [-0.1, -0.05) is 6.92 Å². The van der Waals surface area contributed by atoms with Gasteiger partial charge in [-0.25, -0.2) is 4.79 Å². The van der Waals surface area contributed by atoms with Gasteiger partial charge in [0.15, 0.2) is 0 Å². The number of hydrogen-bond donors (Lipinski definition) is 0. The van der Waals surface area contributed by atoms with Crippen molar-refractivity contribution in [2.45, 2.75) is 40.2 Å². The van der Waals surface area contributed by atoms with E-state index in [-0.39, 0.29) is 6.09 Å². The molecule has 0 bridgehead atoms. The molecule has 77 valence electrons. The van der Waals surface area contributed by atoms with Crippen molar-refractivity contribution in [2.24, 2.45) is 0 Å². The summed E-state index contributed by atoms with van der Waals surface area (Å²) >= 11 is 0. The van der Waals surface area contributed by atoms with Crippen LogP contribution in [0.1, 0.15) is 34.6 Å². The normalized spacial score (nSPS) is 11.2. The average molecular weight is 186 g/mol. The van der Waals surface area contributed by atoms with Gasteiger partial charge in [-0.05, 0) is 34.1 Å². The highest BCUT2D eigenvalue weighted by molar-refractivity contribution is 5.68. The van der Waals surface area contributed by atoms with Crippen molar-refractivity contribution in [1.29, 1.82) is 0 Å². The van der Waals surface area contributed by atoms with Crippen LogP contribution in [0.4, 0.5) is 4.79 Å². The third-order valence-corrected chi connectivity index (χ3v) is 1.44. The van der Waals surface area contributed by atoms with Gasteiger partial charge in [0.05, 0.1) is 0 Å². The summed E-state index contributed by atoms with van der Waals surface area (Å²) in [4.78, 5) is 13.1. The highest BCUT2D eigenvalue weighted by atomic mass is 16.6. The fraction of sp³-hybridized carbons (Fsp3) is 0.800. The highest BCUT2D eigenvalue weighted by Crippen LogP contribution is 2.09. The predicted octanol–water partition coefficient (Wildman–Crippen LogP) is 2.47. The fourth-order valence-electron chi connectivity index (χ4n) is 0.880. The summed E-state index contributed by atoms with van der Waals surface area (Å²) in [5.41, 5.74) is -0.405. The molecule has 0 saturated carbocycles. The molecular weight excluding hydrogens is 166 g/mol. The van der Waals surface area contributed by atoms with Gasteiger partial charge in [-0.15, -0.1) is 0 Å². The second-order valence-electron chi connectivity index (χ2n) is 3.93. The van der Waals surface area contributed by atoms with E-state index in [1.54, 1.807) is 4.90 Å². The van der Waals surface area contributed by atoms with Crippen LogP contribution in [0, 0.1) is 6.42 Å². The molecule has 0 aliphatic heterocycles. The third-order valence-electron chi connectivity index (χ3n) is 1.44. The molecule has 0 spiro atoms. The van der Waals surface area contributed by atoms with Gasteiger partial charge < -0.3 is 9.64 Å². The summed E-state index contributed by atoms with van der Waals surface area (Å²) in [6.07, 6.45) is 1.70. The maximum atomic E-state index is 11.5. The third kappa shape index (κ3) is 5.50. The van der Waals surface area contributed by atoms with Crippen LogP contribution in [-0.4, -0.2) is 29.7 Å². The minimum Gasteiger partial charge on any atom is -0.444 e. The Balaban J connectivity index is 4.06. The molecule has 0 heterocycles. The molecule has 0 aromatic heterocycles. The number of carbonyl (C=O) groups excluding carboxylic acids is 1. The maximum Gasteiger partial charge on any atom is 0.410 e. The molecule has 0 rings (SSSR count). The number of amides is 1. The van der Waals surface area contributed by atoms with E-state index in [1.165, 1.54) is 0 Å². The zero-order valence-electron chi connectivity index (χ0n) is 9.26. The van der Waals surface area contributed by atoms with Crippen molar-refractivity contribution < 1.29 is 9.53 Å². The monoisotopic (exact) mass is 186 g/mol. The molecule has 0 aliphatic carbocycles. The molecule has 3 nitrogen and oxygen atoms in total. The van der Waals surface area contributed by atoms with Gasteiger partial charge in [0.25, 0.3) is 0 Å². The Morgan fingerprint density at radius 3 is 2.31 bits per heavy atom. The largest absolute Gasteiger partial charge is 0.444 e. The van der Waals surface area contributed by atoms with Crippen molar-refractivity contribution in [2.75, 3.05) is 13.1 Å². The van der Waals surface area contributed by atoms with Crippen LogP contribution in [0.15, 0.2) is 0 Å². The SMILES string of the molecule is C[CH]CN(CC)C(=O)OC(C)(C)C. The average Bonchev–Trinajstić information content (AvgIpc) is 1.96. The summed E-state index contributed by atoms with van der Waals surface area (Å²) < 4.78 is 5.21. The number of rotatable bonds is 3. The van der Waals surface area contributed by atoms with Gasteiger partial charge in [0, 0.05) is 13.1 Å². The molecule has 0 N–H and O–H groups in total. The van der Waals surface area contributed by atoms with E-state index >= 15 is 0 Å². The van der Waals surface area contributed by atoms with Gasteiger partial charge >= 0.3 is 6.09 Å². The first-order chi connectivity index (χ1) is 5.90. The lowest BCUT2D eigenvalue weighted by Crippen LogP contribution is -2.37. The Kier molecular flexibility index (Phi) is 4.81. The molecular formula is C10H20NO2. The maximum absolute atomic E-state index is 11.5. The number of ether oxygens (including phenoxy) is 1. The highest BCUT2D eigenvalue weighted by Gasteiger charge is 2.20. The molecule has 1 radical (unpaired) electrons. The summed E-state index contributed by atoms with van der Waals surface area (Å²) in [6, 6.07) is 0.